The summed E-state index contributed by atoms with van der Waals surface area (Å²) >= 11 is 2.32. The van der Waals surface area contributed by atoms with E-state index in [1.54, 1.807) is 0 Å². The minimum Gasteiger partial charge on any atom is -0.493 e. The van der Waals surface area contributed by atoms with Crippen molar-refractivity contribution in [3.05, 3.63) is 52.1 Å². The van der Waals surface area contributed by atoms with Crippen LogP contribution in [0.25, 0.3) is 11.1 Å². The molecular formula is C16H17IO. The van der Waals surface area contributed by atoms with Gasteiger partial charge in [0.25, 0.3) is 0 Å². The topological polar surface area (TPSA) is 9.23 Å². The van der Waals surface area contributed by atoms with E-state index < -0.39 is 0 Å². The van der Waals surface area contributed by atoms with Gasteiger partial charge in [-0.1, -0.05) is 38.1 Å². The molecule has 0 aliphatic rings. The molecule has 0 aliphatic heterocycles. The van der Waals surface area contributed by atoms with Crippen LogP contribution in [0.4, 0.5) is 0 Å². The minimum absolute atomic E-state index is 0.556. The van der Waals surface area contributed by atoms with E-state index in [2.05, 4.69) is 72.8 Å². The molecule has 0 aliphatic carbocycles. The molecule has 0 aromatic heterocycles. The maximum absolute atomic E-state index is 5.68. The summed E-state index contributed by atoms with van der Waals surface area (Å²) in [6, 6.07) is 16.8. The van der Waals surface area contributed by atoms with Crippen LogP contribution in [-0.2, 0) is 0 Å². The van der Waals surface area contributed by atoms with Crippen LogP contribution in [0.1, 0.15) is 13.8 Å². The van der Waals surface area contributed by atoms with E-state index >= 15 is 0 Å². The summed E-state index contributed by atoms with van der Waals surface area (Å²) in [6.45, 7) is 5.07. The summed E-state index contributed by atoms with van der Waals surface area (Å²) in [5, 5.41) is 0. The molecule has 0 heterocycles. The van der Waals surface area contributed by atoms with Crippen molar-refractivity contribution in [3.8, 4) is 16.9 Å². The van der Waals surface area contributed by atoms with Crippen molar-refractivity contribution in [3.63, 3.8) is 0 Å². The summed E-state index contributed by atoms with van der Waals surface area (Å²) in [7, 11) is 0. The van der Waals surface area contributed by atoms with Crippen LogP contribution in [0.3, 0.4) is 0 Å². The normalized spacial score (nSPS) is 10.7. The molecule has 2 rings (SSSR count). The van der Waals surface area contributed by atoms with Gasteiger partial charge in [0.05, 0.1) is 6.61 Å². The molecule has 0 radical (unpaired) electrons. The van der Waals surface area contributed by atoms with E-state index in [0.717, 1.165) is 12.4 Å². The highest BCUT2D eigenvalue weighted by Gasteiger charge is 2.00. The van der Waals surface area contributed by atoms with E-state index in [9.17, 15) is 0 Å². The van der Waals surface area contributed by atoms with Crippen LogP contribution in [0.2, 0.25) is 0 Å². The van der Waals surface area contributed by atoms with Gasteiger partial charge >= 0.3 is 0 Å². The van der Waals surface area contributed by atoms with Crippen molar-refractivity contribution >= 4 is 22.6 Å². The Morgan fingerprint density at radius 2 is 1.39 bits per heavy atom. The number of hydrogen-bond acceptors (Lipinski definition) is 1. The third-order valence-corrected chi connectivity index (χ3v) is 3.33. The predicted octanol–water partition coefficient (Wildman–Crippen LogP) is 4.99. The van der Waals surface area contributed by atoms with Gasteiger partial charge in [-0.15, -0.1) is 0 Å². The van der Waals surface area contributed by atoms with Gasteiger partial charge in [0.2, 0.25) is 0 Å². The van der Waals surface area contributed by atoms with Crippen LogP contribution in [0, 0.1) is 9.49 Å². The summed E-state index contributed by atoms with van der Waals surface area (Å²) < 4.78 is 6.93. The number of halogens is 1. The van der Waals surface area contributed by atoms with Gasteiger partial charge in [-0.25, -0.2) is 0 Å². The van der Waals surface area contributed by atoms with Crippen molar-refractivity contribution in [1.82, 2.24) is 0 Å². The fraction of sp³-hybridized carbons (Fsp3) is 0.250. The lowest BCUT2D eigenvalue weighted by molar-refractivity contribution is 0.271. The summed E-state index contributed by atoms with van der Waals surface area (Å²) in [5.41, 5.74) is 2.47. The summed E-state index contributed by atoms with van der Waals surface area (Å²) in [5.74, 6) is 1.50. The van der Waals surface area contributed by atoms with E-state index in [1.807, 2.05) is 12.1 Å². The van der Waals surface area contributed by atoms with Crippen LogP contribution in [0.5, 0.6) is 5.75 Å². The fourth-order valence-corrected chi connectivity index (χ4v) is 2.01. The Hall–Kier alpha value is -1.03. The molecule has 2 heteroatoms. The van der Waals surface area contributed by atoms with Crippen LogP contribution >= 0.6 is 22.6 Å². The van der Waals surface area contributed by atoms with Crippen molar-refractivity contribution < 1.29 is 4.74 Å². The molecule has 0 N–H and O–H groups in total. The standard InChI is InChI=1S/C16H17IO/c1-12(2)11-18-16-9-5-14(6-10-16)13-3-7-15(17)8-4-13/h3-10,12H,11H2,1-2H3. The number of rotatable bonds is 4. The van der Waals surface area contributed by atoms with E-state index in [1.165, 1.54) is 14.7 Å². The highest BCUT2D eigenvalue weighted by atomic mass is 127. The summed E-state index contributed by atoms with van der Waals surface area (Å²) in [6.07, 6.45) is 0. The molecule has 2 aromatic carbocycles. The van der Waals surface area contributed by atoms with Gasteiger partial charge in [0.1, 0.15) is 5.75 Å². The number of ether oxygens (including phenoxy) is 1. The molecule has 0 amide bonds. The largest absolute Gasteiger partial charge is 0.493 e. The number of benzene rings is 2. The lowest BCUT2D eigenvalue weighted by Crippen LogP contribution is -2.04. The van der Waals surface area contributed by atoms with Gasteiger partial charge < -0.3 is 4.74 Å². The Balaban J connectivity index is 2.09. The lowest BCUT2D eigenvalue weighted by Gasteiger charge is -2.09. The van der Waals surface area contributed by atoms with E-state index in [4.69, 9.17) is 4.74 Å². The Morgan fingerprint density at radius 1 is 0.889 bits per heavy atom. The Labute approximate surface area is 122 Å². The van der Waals surface area contributed by atoms with Gasteiger partial charge in [0.15, 0.2) is 0 Å². The van der Waals surface area contributed by atoms with Crippen LogP contribution in [-0.4, -0.2) is 6.61 Å². The maximum atomic E-state index is 5.68. The molecule has 1 nitrogen and oxygen atoms in total. The van der Waals surface area contributed by atoms with Crippen LogP contribution < -0.4 is 4.74 Å². The minimum atomic E-state index is 0.556. The van der Waals surface area contributed by atoms with Gasteiger partial charge in [-0.2, -0.15) is 0 Å². The second kappa shape index (κ2) is 6.23. The van der Waals surface area contributed by atoms with Gasteiger partial charge in [0, 0.05) is 3.57 Å². The van der Waals surface area contributed by atoms with Crippen LogP contribution in [0.15, 0.2) is 48.5 Å². The first-order chi connectivity index (χ1) is 8.65. The van der Waals surface area contributed by atoms with Crippen molar-refractivity contribution in [2.45, 2.75) is 13.8 Å². The Kier molecular flexibility index (Phi) is 4.64. The molecule has 0 saturated heterocycles. The first kappa shape index (κ1) is 13.4. The monoisotopic (exact) mass is 352 g/mol. The first-order valence-electron chi connectivity index (χ1n) is 6.14. The molecule has 0 atom stereocenters. The molecule has 0 fully saturated rings. The summed E-state index contributed by atoms with van der Waals surface area (Å²) in [4.78, 5) is 0. The second-order valence-corrected chi connectivity index (χ2v) is 5.98. The first-order valence-corrected chi connectivity index (χ1v) is 7.22. The highest BCUT2D eigenvalue weighted by Crippen LogP contribution is 2.23. The SMILES string of the molecule is CC(C)COc1ccc(-c2ccc(I)cc2)cc1. The average Bonchev–Trinajstić information content (AvgIpc) is 2.38. The Bertz CT molecular complexity index is 486. The molecule has 0 unspecified atom stereocenters. The van der Waals surface area contributed by atoms with Crippen molar-refractivity contribution in [1.29, 1.82) is 0 Å². The highest BCUT2D eigenvalue weighted by molar-refractivity contribution is 14.1. The van der Waals surface area contributed by atoms with E-state index in [-0.39, 0.29) is 0 Å². The molecule has 2 aromatic rings. The van der Waals surface area contributed by atoms with Crippen molar-refractivity contribution in [2.75, 3.05) is 6.61 Å². The molecule has 0 bridgehead atoms. The second-order valence-electron chi connectivity index (χ2n) is 4.74. The van der Waals surface area contributed by atoms with Gasteiger partial charge in [-0.05, 0) is 63.9 Å². The number of hydrogen-bond donors (Lipinski definition) is 0. The van der Waals surface area contributed by atoms with Gasteiger partial charge in [-0.3, -0.25) is 0 Å². The average molecular weight is 352 g/mol. The Morgan fingerprint density at radius 3 is 1.89 bits per heavy atom. The quantitative estimate of drug-likeness (QED) is 0.704. The third-order valence-electron chi connectivity index (χ3n) is 2.62. The zero-order valence-corrected chi connectivity index (χ0v) is 12.8. The molecule has 18 heavy (non-hydrogen) atoms. The maximum Gasteiger partial charge on any atom is 0.119 e. The molecule has 0 spiro atoms. The molecular weight excluding hydrogens is 335 g/mol. The third kappa shape index (κ3) is 3.73. The van der Waals surface area contributed by atoms with Crippen molar-refractivity contribution in [2.24, 2.45) is 5.92 Å². The van der Waals surface area contributed by atoms with E-state index in [0.29, 0.717) is 5.92 Å². The zero-order valence-electron chi connectivity index (χ0n) is 10.7. The molecule has 94 valence electrons. The fourth-order valence-electron chi connectivity index (χ4n) is 1.65. The smallest absolute Gasteiger partial charge is 0.119 e. The molecule has 0 saturated carbocycles. The lowest BCUT2D eigenvalue weighted by atomic mass is 10.1. The zero-order chi connectivity index (χ0) is 13.0. The predicted molar refractivity (Wildman–Crippen MR) is 84.9 cm³/mol.